The molecule has 1 atom stereocenters. The molecule has 0 bridgehead atoms. The van der Waals surface area contributed by atoms with Gasteiger partial charge in [0.15, 0.2) is 0 Å². The van der Waals surface area contributed by atoms with Crippen LogP contribution in [0.1, 0.15) is 26.7 Å². The fourth-order valence-electron chi connectivity index (χ4n) is 1.33. The molecule has 1 heterocycles. The lowest BCUT2D eigenvalue weighted by Crippen LogP contribution is -2.21. The molecule has 0 radical (unpaired) electrons. The number of nitrogens with one attached hydrogen (secondary N) is 2. The number of nitrogen functional groups attached to an aromatic ring is 1. The third kappa shape index (κ3) is 5.66. The van der Waals surface area contributed by atoms with Crippen molar-refractivity contribution < 1.29 is 9.47 Å². The number of hydrogen-bond acceptors (Lipinski definition) is 8. The fourth-order valence-corrected chi connectivity index (χ4v) is 1.33. The lowest BCUT2D eigenvalue weighted by atomic mass is 10.2. The quantitative estimate of drug-likeness (QED) is 0.446. The zero-order chi connectivity index (χ0) is 14.1. The molecule has 108 valence electrons. The summed E-state index contributed by atoms with van der Waals surface area (Å²) in [6.45, 7) is 5.24. The highest BCUT2D eigenvalue weighted by molar-refractivity contribution is 5.35. The van der Waals surface area contributed by atoms with E-state index in [1.165, 1.54) is 0 Å². The Balaban J connectivity index is 2.69. The third-order valence-corrected chi connectivity index (χ3v) is 2.31. The minimum Gasteiger partial charge on any atom is -0.463 e. The van der Waals surface area contributed by atoms with Crippen LogP contribution in [0.15, 0.2) is 0 Å². The van der Waals surface area contributed by atoms with E-state index in [4.69, 9.17) is 15.3 Å². The van der Waals surface area contributed by atoms with Crippen LogP contribution in [-0.4, -0.2) is 41.3 Å². The molecule has 19 heavy (non-hydrogen) atoms. The molecule has 8 heteroatoms. The molecule has 0 fully saturated rings. The molecule has 0 saturated carbocycles. The summed E-state index contributed by atoms with van der Waals surface area (Å²) >= 11 is 0. The zero-order valence-corrected chi connectivity index (χ0v) is 11.6. The Kier molecular flexibility index (Phi) is 6.83. The van der Waals surface area contributed by atoms with E-state index < -0.39 is 0 Å². The van der Waals surface area contributed by atoms with Gasteiger partial charge in [-0.05, 0) is 19.8 Å². The van der Waals surface area contributed by atoms with Gasteiger partial charge >= 0.3 is 6.01 Å². The minimum absolute atomic E-state index is 0.173. The van der Waals surface area contributed by atoms with E-state index in [0.29, 0.717) is 19.2 Å². The Morgan fingerprint density at radius 2 is 1.95 bits per heavy atom. The first-order valence-corrected chi connectivity index (χ1v) is 6.30. The molecule has 8 nitrogen and oxygen atoms in total. The van der Waals surface area contributed by atoms with Crippen molar-refractivity contribution in [1.29, 1.82) is 0 Å². The monoisotopic (exact) mass is 270 g/mol. The first-order valence-electron chi connectivity index (χ1n) is 6.30. The SMILES string of the molecule is CCCOc1nc(NN)nc(NC(C)CCOC)n1. The van der Waals surface area contributed by atoms with Crippen LogP contribution in [0, 0.1) is 0 Å². The van der Waals surface area contributed by atoms with Crippen molar-refractivity contribution in [1.82, 2.24) is 15.0 Å². The number of aromatic nitrogens is 3. The Morgan fingerprint density at radius 3 is 2.58 bits per heavy atom. The first kappa shape index (κ1) is 15.4. The van der Waals surface area contributed by atoms with Crippen molar-refractivity contribution in [2.24, 2.45) is 5.84 Å². The topological polar surface area (TPSA) is 107 Å². The van der Waals surface area contributed by atoms with Crippen LogP contribution in [0.2, 0.25) is 0 Å². The van der Waals surface area contributed by atoms with Gasteiger partial charge in [0.05, 0.1) is 6.61 Å². The number of rotatable bonds is 9. The molecule has 0 spiro atoms. The molecular weight excluding hydrogens is 248 g/mol. The summed E-state index contributed by atoms with van der Waals surface area (Å²) in [5, 5.41) is 3.15. The van der Waals surface area contributed by atoms with Crippen molar-refractivity contribution >= 4 is 11.9 Å². The van der Waals surface area contributed by atoms with Crippen LogP contribution in [0.25, 0.3) is 0 Å². The van der Waals surface area contributed by atoms with E-state index in [2.05, 4.69) is 25.7 Å². The zero-order valence-electron chi connectivity index (χ0n) is 11.6. The summed E-state index contributed by atoms with van der Waals surface area (Å²) in [6, 6.07) is 0.429. The highest BCUT2D eigenvalue weighted by Crippen LogP contribution is 2.12. The number of hydrogen-bond donors (Lipinski definition) is 3. The van der Waals surface area contributed by atoms with Crippen molar-refractivity contribution in [2.45, 2.75) is 32.7 Å². The molecule has 1 unspecified atom stereocenters. The predicted molar refractivity (Wildman–Crippen MR) is 73.0 cm³/mol. The van der Waals surface area contributed by atoms with Crippen molar-refractivity contribution in [3.05, 3.63) is 0 Å². The standard InChI is InChI=1S/C11H22N6O2/c1-4-6-19-11-15-9(14-10(16-11)17-12)13-8(2)5-7-18-3/h8H,4-7,12H2,1-3H3,(H2,13,14,15,16,17). The summed E-state index contributed by atoms with van der Waals surface area (Å²) in [7, 11) is 1.67. The second kappa shape index (κ2) is 8.44. The van der Waals surface area contributed by atoms with E-state index >= 15 is 0 Å². The normalized spacial score (nSPS) is 12.0. The van der Waals surface area contributed by atoms with Crippen molar-refractivity contribution in [2.75, 3.05) is 31.1 Å². The van der Waals surface area contributed by atoms with Gasteiger partial charge in [-0.2, -0.15) is 15.0 Å². The maximum absolute atomic E-state index is 5.38. The van der Waals surface area contributed by atoms with Gasteiger partial charge in [0.1, 0.15) is 0 Å². The van der Waals surface area contributed by atoms with Gasteiger partial charge in [-0.25, -0.2) is 5.84 Å². The van der Waals surface area contributed by atoms with Gasteiger partial charge in [0.2, 0.25) is 11.9 Å². The average Bonchev–Trinajstić information content (AvgIpc) is 2.42. The van der Waals surface area contributed by atoms with Crippen LogP contribution >= 0.6 is 0 Å². The molecule has 4 N–H and O–H groups in total. The van der Waals surface area contributed by atoms with E-state index in [1.807, 2.05) is 13.8 Å². The van der Waals surface area contributed by atoms with Crippen LogP contribution in [0.4, 0.5) is 11.9 Å². The van der Waals surface area contributed by atoms with Crippen molar-refractivity contribution in [3.63, 3.8) is 0 Å². The van der Waals surface area contributed by atoms with Crippen LogP contribution < -0.4 is 21.3 Å². The molecule has 1 aromatic rings. The summed E-state index contributed by atoms with van der Waals surface area (Å²) in [4.78, 5) is 12.3. The highest BCUT2D eigenvalue weighted by atomic mass is 16.5. The molecule has 0 aliphatic heterocycles. The molecule has 1 rings (SSSR count). The molecule has 0 amide bonds. The molecule has 0 aromatic carbocycles. The van der Waals surface area contributed by atoms with Crippen molar-refractivity contribution in [3.8, 4) is 6.01 Å². The van der Waals surface area contributed by atoms with Gasteiger partial charge < -0.3 is 14.8 Å². The second-order valence-electron chi connectivity index (χ2n) is 4.08. The maximum atomic E-state index is 5.38. The lowest BCUT2D eigenvalue weighted by Gasteiger charge is -2.14. The number of hydrazine groups is 1. The van der Waals surface area contributed by atoms with Gasteiger partial charge in [-0.1, -0.05) is 6.92 Å². The van der Waals surface area contributed by atoms with Gasteiger partial charge in [-0.3, -0.25) is 5.43 Å². The predicted octanol–water partition coefficient (Wildman–Crippen LogP) is 0.783. The largest absolute Gasteiger partial charge is 0.463 e. The fraction of sp³-hybridized carbons (Fsp3) is 0.727. The Hall–Kier alpha value is -1.67. The number of nitrogens with two attached hydrogens (primary N) is 1. The molecular formula is C11H22N6O2. The van der Waals surface area contributed by atoms with Gasteiger partial charge in [0, 0.05) is 19.8 Å². The van der Waals surface area contributed by atoms with E-state index in [0.717, 1.165) is 12.8 Å². The van der Waals surface area contributed by atoms with Gasteiger partial charge in [-0.15, -0.1) is 0 Å². The Labute approximate surface area is 113 Å². The number of methoxy groups -OCH3 is 1. The number of ether oxygens (including phenoxy) is 2. The Bertz CT molecular complexity index is 376. The van der Waals surface area contributed by atoms with Crippen LogP contribution in [0.3, 0.4) is 0 Å². The summed E-state index contributed by atoms with van der Waals surface area (Å²) < 4.78 is 10.4. The first-order chi connectivity index (χ1) is 9.19. The second-order valence-corrected chi connectivity index (χ2v) is 4.08. The maximum Gasteiger partial charge on any atom is 0.323 e. The number of anilines is 2. The summed E-state index contributed by atoms with van der Waals surface area (Å²) in [6.07, 6.45) is 1.72. The molecule has 0 aliphatic rings. The summed E-state index contributed by atoms with van der Waals surface area (Å²) in [5.41, 5.74) is 2.39. The van der Waals surface area contributed by atoms with Crippen LogP contribution in [-0.2, 0) is 4.74 Å². The Morgan fingerprint density at radius 1 is 1.21 bits per heavy atom. The lowest BCUT2D eigenvalue weighted by molar-refractivity contribution is 0.191. The molecule has 0 aliphatic carbocycles. The number of nitrogens with zero attached hydrogens (tertiary/aromatic N) is 3. The van der Waals surface area contributed by atoms with Crippen LogP contribution in [0.5, 0.6) is 6.01 Å². The van der Waals surface area contributed by atoms with E-state index in [9.17, 15) is 0 Å². The van der Waals surface area contributed by atoms with Gasteiger partial charge in [0.25, 0.3) is 0 Å². The summed E-state index contributed by atoms with van der Waals surface area (Å²) in [5.74, 6) is 6.02. The minimum atomic E-state index is 0.173. The van der Waals surface area contributed by atoms with E-state index in [1.54, 1.807) is 7.11 Å². The third-order valence-electron chi connectivity index (χ3n) is 2.31. The molecule has 0 saturated heterocycles. The smallest absolute Gasteiger partial charge is 0.323 e. The average molecular weight is 270 g/mol. The van der Waals surface area contributed by atoms with E-state index in [-0.39, 0.29) is 18.0 Å². The molecule has 1 aromatic heterocycles. The highest BCUT2D eigenvalue weighted by Gasteiger charge is 2.09.